The number of rotatable bonds is 2. The highest BCUT2D eigenvalue weighted by Crippen LogP contribution is 2.66. The van der Waals surface area contributed by atoms with Gasteiger partial charge in [-0.3, -0.25) is 14.4 Å². The number of para-hydroxylation sites is 1. The number of H-pyrrole nitrogens is 1. The minimum absolute atomic E-state index is 0.0666. The van der Waals surface area contributed by atoms with Gasteiger partial charge in [-0.25, -0.2) is 0 Å². The van der Waals surface area contributed by atoms with Gasteiger partial charge in [-0.15, -0.1) is 0 Å². The number of aromatic nitrogens is 1. The van der Waals surface area contributed by atoms with Crippen LogP contribution in [0.2, 0.25) is 0 Å². The maximum absolute atomic E-state index is 14.2. The van der Waals surface area contributed by atoms with Gasteiger partial charge in [0.15, 0.2) is 11.6 Å². The van der Waals surface area contributed by atoms with Crippen molar-refractivity contribution < 1.29 is 24.2 Å². The van der Waals surface area contributed by atoms with Gasteiger partial charge in [-0.2, -0.15) is 0 Å². The van der Waals surface area contributed by atoms with Crippen LogP contribution in [-0.4, -0.2) is 51.4 Å². The van der Waals surface area contributed by atoms with Crippen molar-refractivity contribution in [3.63, 3.8) is 0 Å². The molecule has 204 valence electrons. The predicted octanol–water partition coefficient (Wildman–Crippen LogP) is 3.83. The highest BCUT2D eigenvalue weighted by molar-refractivity contribution is 6.15. The zero-order valence-corrected chi connectivity index (χ0v) is 22.8. The Labute approximate surface area is 228 Å². The molecule has 7 nitrogen and oxygen atoms in total. The lowest BCUT2D eigenvalue weighted by Crippen LogP contribution is -2.58. The first-order valence-corrected chi connectivity index (χ1v) is 13.9. The predicted molar refractivity (Wildman–Crippen MR) is 148 cm³/mol. The number of aliphatic hydroxyl groups is 1. The second kappa shape index (κ2) is 9.14. The number of hydrogen-bond acceptors (Lipinski definition) is 5. The van der Waals surface area contributed by atoms with Crippen molar-refractivity contribution in [2.24, 2.45) is 29.1 Å². The van der Waals surface area contributed by atoms with Crippen LogP contribution in [0.25, 0.3) is 10.9 Å². The summed E-state index contributed by atoms with van der Waals surface area (Å²) in [5.41, 5.74) is 0.805. The summed E-state index contributed by atoms with van der Waals surface area (Å²) < 4.78 is 6.33. The van der Waals surface area contributed by atoms with E-state index < -0.39 is 34.6 Å². The van der Waals surface area contributed by atoms with Crippen LogP contribution in [0.1, 0.15) is 39.7 Å². The van der Waals surface area contributed by atoms with E-state index in [0.29, 0.717) is 18.4 Å². The van der Waals surface area contributed by atoms with E-state index in [9.17, 15) is 19.5 Å². The summed E-state index contributed by atoms with van der Waals surface area (Å²) in [7, 11) is 0. The fourth-order valence-electron chi connectivity index (χ4n) is 7.66. The van der Waals surface area contributed by atoms with E-state index in [1.54, 1.807) is 6.92 Å². The van der Waals surface area contributed by atoms with Crippen molar-refractivity contribution in [1.82, 2.24) is 10.3 Å². The molecule has 0 bridgehead atoms. The van der Waals surface area contributed by atoms with E-state index >= 15 is 0 Å². The van der Waals surface area contributed by atoms with E-state index in [1.807, 2.05) is 49.5 Å². The summed E-state index contributed by atoms with van der Waals surface area (Å²) in [6.07, 6.45) is 9.89. The third kappa shape index (κ3) is 3.81. The van der Waals surface area contributed by atoms with Crippen molar-refractivity contribution in [1.29, 1.82) is 0 Å². The van der Waals surface area contributed by atoms with Crippen LogP contribution in [0, 0.1) is 29.1 Å². The number of fused-ring (bicyclic) bond motifs is 3. The van der Waals surface area contributed by atoms with Crippen molar-refractivity contribution in [2.75, 3.05) is 0 Å². The summed E-state index contributed by atoms with van der Waals surface area (Å²) in [6.45, 7) is 7.90. The lowest BCUT2D eigenvalue weighted by molar-refractivity contribution is -0.145. The fourth-order valence-corrected chi connectivity index (χ4v) is 7.66. The first-order chi connectivity index (χ1) is 18.6. The molecule has 2 aliphatic carbocycles. The largest absolute Gasteiger partial charge is 0.381 e. The Kier molecular flexibility index (Phi) is 6.08. The number of hydrogen-bond donors (Lipinski definition) is 3. The molecular weight excluding hydrogens is 492 g/mol. The zero-order valence-electron chi connectivity index (χ0n) is 22.8. The Morgan fingerprint density at radius 2 is 1.90 bits per heavy atom. The number of allylic oxidation sites excluding steroid dienone is 3. The SMILES string of the molecule is C/C1=C\[C@@H](C)C/C=C/[C@H]2C3O[C@]3(C)[C@@H](C)[C@H]3[C@H](Cc4c[nH]c5ccccc45)NC(=O)[C@]32C(=O)/C=C/C(=O)[C@@H]1O. The third-order valence-electron chi connectivity index (χ3n) is 9.86. The molecule has 6 rings (SSSR count). The minimum Gasteiger partial charge on any atom is -0.381 e. The molecular formula is C32H36N2O5. The second-order valence-corrected chi connectivity index (χ2v) is 12.1. The normalized spacial score (nSPS) is 43.1. The summed E-state index contributed by atoms with van der Waals surface area (Å²) in [5.74, 6) is -2.11. The van der Waals surface area contributed by atoms with Gasteiger partial charge in [0, 0.05) is 35.0 Å². The van der Waals surface area contributed by atoms with Gasteiger partial charge in [-0.05, 0) is 67.9 Å². The van der Waals surface area contributed by atoms with E-state index in [1.165, 1.54) is 6.08 Å². The molecule has 1 amide bonds. The van der Waals surface area contributed by atoms with E-state index in [4.69, 9.17) is 4.74 Å². The highest BCUT2D eigenvalue weighted by Gasteiger charge is 2.78. The molecule has 1 aromatic heterocycles. The average Bonchev–Trinajstić information content (AvgIpc) is 3.31. The molecule has 7 heteroatoms. The molecule has 4 aliphatic rings. The molecule has 3 N–H and O–H groups in total. The molecule has 39 heavy (non-hydrogen) atoms. The molecule has 1 unspecified atom stereocenters. The van der Waals surface area contributed by atoms with Gasteiger partial charge in [-0.1, -0.05) is 50.3 Å². The highest BCUT2D eigenvalue weighted by atomic mass is 16.6. The quantitative estimate of drug-likeness (QED) is 0.312. The van der Waals surface area contributed by atoms with Crippen LogP contribution in [-0.2, 0) is 25.5 Å². The number of benzene rings is 1. The molecule has 2 saturated heterocycles. The van der Waals surface area contributed by atoms with Gasteiger partial charge in [0.25, 0.3) is 0 Å². The monoisotopic (exact) mass is 528 g/mol. The molecule has 1 spiro atoms. The number of carbonyl (C=O) groups is 3. The van der Waals surface area contributed by atoms with Gasteiger partial charge in [0.1, 0.15) is 11.5 Å². The van der Waals surface area contributed by atoms with Crippen molar-refractivity contribution in [2.45, 2.75) is 64.4 Å². The Morgan fingerprint density at radius 3 is 2.69 bits per heavy atom. The molecule has 2 aliphatic heterocycles. The van der Waals surface area contributed by atoms with Crippen molar-refractivity contribution in [3.8, 4) is 0 Å². The molecule has 3 heterocycles. The van der Waals surface area contributed by atoms with Crippen LogP contribution in [0.3, 0.4) is 0 Å². The van der Waals surface area contributed by atoms with Crippen LogP contribution in [0.5, 0.6) is 0 Å². The van der Waals surface area contributed by atoms with E-state index in [0.717, 1.165) is 22.5 Å². The standard InChI is InChI=1S/C32H36N2O5/c1-17-8-7-10-22-29-31(4,39-29)19(3)27-24(15-20-16-33-23-11-6-5-9-21(20)23)34-30(38)32(22,27)26(36)13-12-25(35)28(37)18(2)14-17/h5-7,9-14,16-17,19,22,24,27-29,33,37H,8,15H2,1-4H3,(H,34,38)/b10-7+,13-12+,18-14+/t17-,19-,22-,24-,27-,28+,29?,31+,32+/m0/s1. The second-order valence-electron chi connectivity index (χ2n) is 12.1. The number of amides is 1. The van der Waals surface area contributed by atoms with Gasteiger partial charge in [0.05, 0.1) is 11.7 Å². The lowest BCUT2D eigenvalue weighted by atomic mass is 9.51. The van der Waals surface area contributed by atoms with Crippen molar-refractivity contribution in [3.05, 3.63) is 72.0 Å². The first-order valence-electron chi connectivity index (χ1n) is 13.9. The average molecular weight is 529 g/mol. The van der Waals surface area contributed by atoms with Crippen LogP contribution < -0.4 is 5.32 Å². The summed E-state index contributed by atoms with van der Waals surface area (Å²) in [5, 5.41) is 14.9. The van der Waals surface area contributed by atoms with Crippen LogP contribution >= 0.6 is 0 Å². The first kappa shape index (κ1) is 26.0. The number of aromatic amines is 1. The molecule has 2 aromatic rings. The summed E-state index contributed by atoms with van der Waals surface area (Å²) in [6, 6.07) is 7.77. The number of nitrogens with one attached hydrogen (secondary N) is 2. The minimum atomic E-state index is -1.41. The maximum atomic E-state index is 14.2. The molecule has 0 radical (unpaired) electrons. The number of ketones is 2. The Morgan fingerprint density at radius 1 is 1.13 bits per heavy atom. The topological polar surface area (TPSA) is 112 Å². The molecule has 9 atom stereocenters. The van der Waals surface area contributed by atoms with Crippen LogP contribution in [0.15, 0.2) is 66.4 Å². The smallest absolute Gasteiger partial charge is 0.235 e. The summed E-state index contributed by atoms with van der Waals surface area (Å²) >= 11 is 0. The van der Waals surface area contributed by atoms with Gasteiger partial charge < -0.3 is 20.1 Å². The maximum Gasteiger partial charge on any atom is 0.235 e. The number of aliphatic hydroxyl groups excluding tert-OH is 1. The molecule has 3 fully saturated rings. The fraction of sp³-hybridized carbons (Fsp3) is 0.469. The Bertz CT molecular complexity index is 1450. The van der Waals surface area contributed by atoms with Crippen LogP contribution in [0.4, 0.5) is 0 Å². The van der Waals surface area contributed by atoms with Gasteiger partial charge >= 0.3 is 0 Å². The number of epoxide rings is 1. The number of carbonyl (C=O) groups excluding carboxylic acids is 3. The Hall–Kier alpha value is -3.29. The lowest BCUT2D eigenvalue weighted by Gasteiger charge is -2.45. The molecule has 1 aromatic carbocycles. The van der Waals surface area contributed by atoms with Crippen molar-refractivity contribution >= 4 is 28.4 Å². The molecule has 1 saturated carbocycles. The number of ether oxygens (including phenoxy) is 1. The third-order valence-corrected chi connectivity index (χ3v) is 9.86. The zero-order chi connectivity index (χ0) is 27.7. The summed E-state index contributed by atoms with van der Waals surface area (Å²) in [4.78, 5) is 44.5. The van der Waals surface area contributed by atoms with Gasteiger partial charge in [0.2, 0.25) is 5.91 Å². The van der Waals surface area contributed by atoms with E-state index in [2.05, 4.69) is 30.2 Å². The Balaban J connectivity index is 1.46. The van der Waals surface area contributed by atoms with E-state index in [-0.39, 0.29) is 35.8 Å².